The topological polar surface area (TPSA) is 83.3 Å². The Hall–Kier alpha value is -2.25. The highest BCUT2D eigenvalue weighted by molar-refractivity contribution is 5.91. The molecule has 0 spiro atoms. The van der Waals surface area contributed by atoms with Gasteiger partial charge >= 0.3 is 0 Å². The quantitative estimate of drug-likeness (QED) is 0.655. The summed E-state index contributed by atoms with van der Waals surface area (Å²) >= 11 is 0. The molecular weight excluding hydrogens is 342 g/mol. The average Bonchev–Trinajstić information content (AvgIpc) is 3.20. The van der Waals surface area contributed by atoms with Gasteiger partial charge in [-0.15, -0.1) is 5.10 Å². The van der Waals surface area contributed by atoms with E-state index in [2.05, 4.69) is 50.9 Å². The zero-order valence-electron chi connectivity index (χ0n) is 15.8. The molecule has 0 saturated carbocycles. The molecule has 27 heavy (non-hydrogen) atoms. The molecule has 1 aromatic carbocycles. The SMILES string of the molecule is O=C(NCCCO)c1cn(C2CCCN(CCCc3ccccc3)C2)nn1. The van der Waals surface area contributed by atoms with Crippen LogP contribution in [-0.4, -0.2) is 63.7 Å². The maximum atomic E-state index is 12.0. The minimum atomic E-state index is -0.231. The number of aryl methyl sites for hydroxylation is 1. The molecule has 3 rings (SSSR count). The van der Waals surface area contributed by atoms with Crippen LogP contribution in [0.15, 0.2) is 36.5 Å². The van der Waals surface area contributed by atoms with Gasteiger partial charge in [-0.3, -0.25) is 4.79 Å². The third kappa shape index (κ3) is 5.87. The number of carbonyl (C=O) groups is 1. The summed E-state index contributed by atoms with van der Waals surface area (Å²) in [6, 6.07) is 10.9. The monoisotopic (exact) mass is 371 g/mol. The molecule has 1 aliphatic rings. The molecule has 2 aromatic rings. The zero-order chi connectivity index (χ0) is 18.9. The Morgan fingerprint density at radius 1 is 1.26 bits per heavy atom. The average molecular weight is 371 g/mol. The highest BCUT2D eigenvalue weighted by Gasteiger charge is 2.23. The van der Waals surface area contributed by atoms with Gasteiger partial charge in [0.2, 0.25) is 0 Å². The summed E-state index contributed by atoms with van der Waals surface area (Å²) in [5, 5.41) is 19.7. The molecule has 1 saturated heterocycles. The molecule has 1 atom stereocenters. The number of piperidine rings is 1. The van der Waals surface area contributed by atoms with Gasteiger partial charge in [0.25, 0.3) is 5.91 Å². The third-order valence-electron chi connectivity index (χ3n) is 5.00. The van der Waals surface area contributed by atoms with Crippen LogP contribution in [0, 0.1) is 0 Å². The first-order valence-corrected chi connectivity index (χ1v) is 9.83. The van der Waals surface area contributed by atoms with Crippen molar-refractivity contribution in [3.8, 4) is 0 Å². The molecule has 7 heteroatoms. The lowest BCUT2D eigenvalue weighted by Crippen LogP contribution is -2.37. The normalized spacial score (nSPS) is 17.7. The van der Waals surface area contributed by atoms with E-state index < -0.39 is 0 Å². The first kappa shape index (κ1) is 19.5. The summed E-state index contributed by atoms with van der Waals surface area (Å²) < 4.78 is 1.84. The standard InChI is InChI=1S/C20H29N5O2/c26-14-6-11-21-20(27)19-16-25(23-22-19)18-10-5-13-24(15-18)12-4-9-17-7-2-1-3-8-17/h1-3,7-8,16,18,26H,4-6,9-15H2,(H,21,27). The molecule has 1 amide bonds. The van der Waals surface area contributed by atoms with E-state index in [0.29, 0.717) is 18.7 Å². The number of aromatic nitrogens is 3. The molecule has 1 aromatic heterocycles. The van der Waals surface area contributed by atoms with Crippen LogP contribution in [-0.2, 0) is 6.42 Å². The van der Waals surface area contributed by atoms with E-state index in [0.717, 1.165) is 45.3 Å². The summed E-state index contributed by atoms with van der Waals surface area (Å²) in [6.45, 7) is 3.66. The number of nitrogens with zero attached hydrogens (tertiary/aromatic N) is 4. The van der Waals surface area contributed by atoms with Crippen LogP contribution >= 0.6 is 0 Å². The second kappa shape index (κ2) is 10.2. The first-order chi connectivity index (χ1) is 13.3. The highest BCUT2D eigenvalue weighted by Crippen LogP contribution is 2.21. The number of aliphatic hydroxyl groups excluding tert-OH is 1. The number of rotatable bonds is 9. The van der Waals surface area contributed by atoms with Crippen LogP contribution in [0.2, 0.25) is 0 Å². The summed E-state index contributed by atoms with van der Waals surface area (Å²) in [4.78, 5) is 14.5. The number of aliphatic hydroxyl groups is 1. The largest absolute Gasteiger partial charge is 0.396 e. The fraction of sp³-hybridized carbons (Fsp3) is 0.550. The van der Waals surface area contributed by atoms with Crippen molar-refractivity contribution in [2.45, 2.75) is 38.1 Å². The van der Waals surface area contributed by atoms with E-state index >= 15 is 0 Å². The zero-order valence-corrected chi connectivity index (χ0v) is 15.8. The summed E-state index contributed by atoms with van der Waals surface area (Å²) in [6.07, 6.45) is 6.72. The fourth-order valence-electron chi connectivity index (χ4n) is 3.53. The minimum absolute atomic E-state index is 0.0646. The minimum Gasteiger partial charge on any atom is -0.396 e. The molecule has 2 N–H and O–H groups in total. The number of hydrogen-bond donors (Lipinski definition) is 2. The van der Waals surface area contributed by atoms with Gasteiger partial charge in [-0.2, -0.15) is 0 Å². The Kier molecular flexibility index (Phi) is 7.36. The fourth-order valence-corrected chi connectivity index (χ4v) is 3.53. The van der Waals surface area contributed by atoms with Crippen LogP contribution in [0.4, 0.5) is 0 Å². The smallest absolute Gasteiger partial charge is 0.273 e. The second-order valence-electron chi connectivity index (χ2n) is 7.10. The molecule has 146 valence electrons. The van der Waals surface area contributed by atoms with E-state index in [9.17, 15) is 4.79 Å². The van der Waals surface area contributed by atoms with Gasteiger partial charge in [0, 0.05) is 19.7 Å². The predicted molar refractivity (Wildman–Crippen MR) is 104 cm³/mol. The van der Waals surface area contributed by atoms with E-state index in [1.165, 1.54) is 5.56 Å². The van der Waals surface area contributed by atoms with Crippen LogP contribution < -0.4 is 5.32 Å². The molecule has 1 unspecified atom stereocenters. The van der Waals surface area contributed by atoms with Crippen molar-refractivity contribution >= 4 is 5.91 Å². The molecule has 2 heterocycles. The molecule has 0 aliphatic carbocycles. The Labute approximate surface area is 160 Å². The Bertz CT molecular complexity index is 703. The molecule has 0 radical (unpaired) electrons. The van der Waals surface area contributed by atoms with Crippen molar-refractivity contribution in [3.63, 3.8) is 0 Å². The molecule has 1 fully saturated rings. The van der Waals surface area contributed by atoms with Gasteiger partial charge in [0.15, 0.2) is 5.69 Å². The van der Waals surface area contributed by atoms with E-state index in [1.54, 1.807) is 6.20 Å². The number of benzene rings is 1. The van der Waals surface area contributed by atoms with Crippen molar-refractivity contribution in [2.75, 3.05) is 32.8 Å². The van der Waals surface area contributed by atoms with Crippen LogP contribution in [0.1, 0.15) is 47.8 Å². The second-order valence-corrected chi connectivity index (χ2v) is 7.10. The number of likely N-dealkylation sites (tertiary alicyclic amines) is 1. The van der Waals surface area contributed by atoms with Gasteiger partial charge in [-0.1, -0.05) is 35.5 Å². The lowest BCUT2D eigenvalue weighted by atomic mass is 10.0. The molecule has 1 aliphatic heterocycles. The number of carbonyl (C=O) groups excluding carboxylic acids is 1. The summed E-state index contributed by atoms with van der Waals surface area (Å²) in [5.74, 6) is -0.231. The van der Waals surface area contributed by atoms with Crippen molar-refractivity contribution in [1.82, 2.24) is 25.2 Å². The van der Waals surface area contributed by atoms with Crippen molar-refractivity contribution in [3.05, 3.63) is 47.8 Å². The van der Waals surface area contributed by atoms with Crippen molar-refractivity contribution < 1.29 is 9.90 Å². The lowest BCUT2D eigenvalue weighted by Gasteiger charge is -2.32. The Balaban J connectivity index is 1.47. The van der Waals surface area contributed by atoms with E-state index in [4.69, 9.17) is 5.11 Å². The third-order valence-corrected chi connectivity index (χ3v) is 5.00. The van der Waals surface area contributed by atoms with Gasteiger partial charge in [0.05, 0.1) is 12.2 Å². The first-order valence-electron chi connectivity index (χ1n) is 9.83. The maximum absolute atomic E-state index is 12.0. The number of hydrogen-bond acceptors (Lipinski definition) is 5. The van der Waals surface area contributed by atoms with Gasteiger partial charge < -0.3 is 15.3 Å². The summed E-state index contributed by atoms with van der Waals surface area (Å²) in [7, 11) is 0. The molecular formula is C20H29N5O2. The van der Waals surface area contributed by atoms with Gasteiger partial charge in [-0.25, -0.2) is 4.68 Å². The molecule has 7 nitrogen and oxygen atoms in total. The van der Waals surface area contributed by atoms with Crippen molar-refractivity contribution in [1.29, 1.82) is 0 Å². The van der Waals surface area contributed by atoms with Crippen LogP contribution in [0.25, 0.3) is 0 Å². The van der Waals surface area contributed by atoms with Gasteiger partial charge in [0.1, 0.15) is 0 Å². The van der Waals surface area contributed by atoms with E-state index in [1.807, 2.05) is 4.68 Å². The van der Waals surface area contributed by atoms with Crippen LogP contribution in [0.3, 0.4) is 0 Å². The highest BCUT2D eigenvalue weighted by atomic mass is 16.3. The predicted octanol–water partition coefficient (Wildman–Crippen LogP) is 1.66. The number of amides is 1. The molecule has 0 bridgehead atoms. The lowest BCUT2D eigenvalue weighted by molar-refractivity contribution is 0.0946. The number of nitrogens with one attached hydrogen (secondary N) is 1. The van der Waals surface area contributed by atoms with Crippen LogP contribution in [0.5, 0.6) is 0 Å². The van der Waals surface area contributed by atoms with Crippen molar-refractivity contribution in [2.24, 2.45) is 0 Å². The summed E-state index contributed by atoms with van der Waals surface area (Å²) in [5.41, 5.74) is 1.73. The van der Waals surface area contributed by atoms with E-state index in [-0.39, 0.29) is 18.6 Å². The Morgan fingerprint density at radius 3 is 2.93 bits per heavy atom. The Morgan fingerprint density at radius 2 is 2.11 bits per heavy atom. The van der Waals surface area contributed by atoms with Gasteiger partial charge in [-0.05, 0) is 50.8 Å². The maximum Gasteiger partial charge on any atom is 0.273 e.